The van der Waals surface area contributed by atoms with E-state index in [0.717, 1.165) is 12.6 Å². The molecule has 15 heavy (non-hydrogen) atoms. The van der Waals surface area contributed by atoms with Crippen molar-refractivity contribution in [1.29, 1.82) is 0 Å². The van der Waals surface area contributed by atoms with Crippen LogP contribution in [0.25, 0.3) is 0 Å². The lowest BCUT2D eigenvalue weighted by molar-refractivity contribution is -0.000799. The third-order valence-electron chi connectivity index (χ3n) is 3.76. The standard InChI is InChI=1S/C12H27N3/c1-6-15-10-12(2,3)14(5)9-11(15)7-8-13-4/h11,13H,6-10H2,1-5H3. The molecular formula is C12H27N3. The van der Waals surface area contributed by atoms with Gasteiger partial charge in [-0.3, -0.25) is 9.80 Å². The summed E-state index contributed by atoms with van der Waals surface area (Å²) in [5.41, 5.74) is 0.326. The quantitative estimate of drug-likeness (QED) is 0.752. The van der Waals surface area contributed by atoms with Crippen molar-refractivity contribution in [3.05, 3.63) is 0 Å². The van der Waals surface area contributed by atoms with Gasteiger partial charge in [0, 0.05) is 24.7 Å². The molecule has 1 fully saturated rings. The van der Waals surface area contributed by atoms with Gasteiger partial charge in [-0.05, 0) is 47.5 Å². The van der Waals surface area contributed by atoms with Crippen LogP contribution in [-0.4, -0.2) is 61.7 Å². The topological polar surface area (TPSA) is 18.5 Å². The van der Waals surface area contributed by atoms with Crippen molar-refractivity contribution in [2.75, 3.05) is 40.3 Å². The number of hydrogen-bond donors (Lipinski definition) is 1. The normalized spacial score (nSPS) is 28.2. The van der Waals surface area contributed by atoms with Crippen LogP contribution >= 0.6 is 0 Å². The van der Waals surface area contributed by atoms with Crippen molar-refractivity contribution in [2.45, 2.75) is 38.8 Å². The molecule has 1 rings (SSSR count). The lowest BCUT2D eigenvalue weighted by Gasteiger charge is -2.49. The Morgan fingerprint density at radius 2 is 2.07 bits per heavy atom. The number of piperazine rings is 1. The minimum absolute atomic E-state index is 0.326. The van der Waals surface area contributed by atoms with Gasteiger partial charge in [-0.15, -0.1) is 0 Å². The minimum atomic E-state index is 0.326. The molecule has 1 aliphatic heterocycles. The lowest BCUT2D eigenvalue weighted by atomic mass is 9.95. The van der Waals surface area contributed by atoms with Crippen molar-refractivity contribution in [2.24, 2.45) is 0 Å². The Kier molecular flexibility index (Phi) is 4.56. The van der Waals surface area contributed by atoms with E-state index in [1.54, 1.807) is 0 Å². The van der Waals surface area contributed by atoms with Crippen LogP contribution in [-0.2, 0) is 0 Å². The van der Waals surface area contributed by atoms with Gasteiger partial charge in [-0.2, -0.15) is 0 Å². The second-order valence-corrected chi connectivity index (χ2v) is 5.30. The molecule has 0 aromatic carbocycles. The van der Waals surface area contributed by atoms with E-state index >= 15 is 0 Å². The smallest absolute Gasteiger partial charge is 0.0277 e. The van der Waals surface area contributed by atoms with E-state index in [4.69, 9.17) is 0 Å². The summed E-state index contributed by atoms with van der Waals surface area (Å²) >= 11 is 0. The van der Waals surface area contributed by atoms with Crippen molar-refractivity contribution >= 4 is 0 Å². The van der Waals surface area contributed by atoms with Crippen LogP contribution in [0.2, 0.25) is 0 Å². The molecule has 1 aliphatic rings. The first-order chi connectivity index (χ1) is 7.01. The molecule has 0 saturated carbocycles. The molecular weight excluding hydrogens is 186 g/mol. The van der Waals surface area contributed by atoms with E-state index in [-0.39, 0.29) is 0 Å². The van der Waals surface area contributed by atoms with E-state index in [1.165, 1.54) is 26.1 Å². The number of nitrogens with zero attached hydrogens (tertiary/aromatic N) is 2. The van der Waals surface area contributed by atoms with Crippen molar-refractivity contribution < 1.29 is 0 Å². The maximum absolute atomic E-state index is 3.25. The van der Waals surface area contributed by atoms with Crippen LogP contribution in [0, 0.1) is 0 Å². The second kappa shape index (κ2) is 5.28. The van der Waals surface area contributed by atoms with E-state index in [9.17, 15) is 0 Å². The van der Waals surface area contributed by atoms with Gasteiger partial charge >= 0.3 is 0 Å². The number of likely N-dealkylation sites (N-methyl/N-ethyl adjacent to an activating group) is 2. The van der Waals surface area contributed by atoms with Gasteiger partial charge in [0.15, 0.2) is 0 Å². The van der Waals surface area contributed by atoms with Gasteiger partial charge in [-0.1, -0.05) is 6.92 Å². The molecule has 1 heterocycles. The van der Waals surface area contributed by atoms with Gasteiger partial charge < -0.3 is 5.32 Å². The molecule has 0 aliphatic carbocycles. The highest BCUT2D eigenvalue weighted by atomic mass is 15.3. The highest BCUT2D eigenvalue weighted by Gasteiger charge is 2.35. The first kappa shape index (κ1) is 12.9. The number of rotatable bonds is 4. The molecule has 3 nitrogen and oxygen atoms in total. The molecule has 0 bridgehead atoms. The molecule has 0 aromatic heterocycles. The van der Waals surface area contributed by atoms with Crippen molar-refractivity contribution in [1.82, 2.24) is 15.1 Å². The first-order valence-corrected chi connectivity index (χ1v) is 6.11. The Hall–Kier alpha value is -0.120. The molecule has 0 amide bonds. The van der Waals surface area contributed by atoms with Gasteiger partial charge in [0.25, 0.3) is 0 Å². The predicted molar refractivity (Wildman–Crippen MR) is 66.3 cm³/mol. The Morgan fingerprint density at radius 3 is 2.60 bits per heavy atom. The number of hydrogen-bond acceptors (Lipinski definition) is 3. The van der Waals surface area contributed by atoms with Crippen LogP contribution in [0.4, 0.5) is 0 Å². The maximum Gasteiger partial charge on any atom is 0.0277 e. The molecule has 3 heteroatoms. The lowest BCUT2D eigenvalue weighted by Crippen LogP contribution is -2.62. The van der Waals surface area contributed by atoms with Crippen LogP contribution in [0.15, 0.2) is 0 Å². The van der Waals surface area contributed by atoms with Crippen LogP contribution in [0.1, 0.15) is 27.2 Å². The minimum Gasteiger partial charge on any atom is -0.320 e. The molecule has 0 radical (unpaired) electrons. The van der Waals surface area contributed by atoms with Gasteiger partial charge in [0.2, 0.25) is 0 Å². The van der Waals surface area contributed by atoms with Gasteiger partial charge in [0.05, 0.1) is 0 Å². The van der Waals surface area contributed by atoms with Gasteiger partial charge in [0.1, 0.15) is 0 Å². The summed E-state index contributed by atoms with van der Waals surface area (Å²) in [5, 5.41) is 3.25. The average Bonchev–Trinajstić information content (AvgIpc) is 2.19. The summed E-state index contributed by atoms with van der Waals surface area (Å²) in [7, 11) is 4.28. The fraction of sp³-hybridized carbons (Fsp3) is 1.00. The van der Waals surface area contributed by atoms with Crippen molar-refractivity contribution in [3.63, 3.8) is 0 Å². The fourth-order valence-electron chi connectivity index (χ4n) is 2.38. The zero-order chi connectivity index (χ0) is 11.5. The van der Waals surface area contributed by atoms with E-state index in [1.807, 2.05) is 7.05 Å². The second-order valence-electron chi connectivity index (χ2n) is 5.30. The van der Waals surface area contributed by atoms with Crippen LogP contribution in [0.3, 0.4) is 0 Å². The Morgan fingerprint density at radius 1 is 1.40 bits per heavy atom. The summed E-state index contributed by atoms with van der Waals surface area (Å²) in [5.74, 6) is 0. The summed E-state index contributed by atoms with van der Waals surface area (Å²) in [6.07, 6.45) is 1.25. The number of nitrogens with one attached hydrogen (secondary N) is 1. The molecule has 1 N–H and O–H groups in total. The Balaban J connectivity index is 2.57. The molecule has 1 saturated heterocycles. The third-order valence-corrected chi connectivity index (χ3v) is 3.76. The van der Waals surface area contributed by atoms with Crippen LogP contribution in [0.5, 0.6) is 0 Å². The van der Waals surface area contributed by atoms with Crippen LogP contribution < -0.4 is 5.32 Å². The average molecular weight is 213 g/mol. The highest BCUT2D eigenvalue weighted by molar-refractivity contribution is 4.93. The summed E-state index contributed by atoms with van der Waals surface area (Å²) < 4.78 is 0. The largest absolute Gasteiger partial charge is 0.320 e. The SMILES string of the molecule is CCN1CC(C)(C)N(C)CC1CCNC. The fourth-order valence-corrected chi connectivity index (χ4v) is 2.38. The van der Waals surface area contributed by atoms with E-state index in [0.29, 0.717) is 5.54 Å². The molecule has 90 valence electrons. The molecule has 0 aromatic rings. The zero-order valence-electron chi connectivity index (χ0n) is 11.0. The van der Waals surface area contributed by atoms with Crippen molar-refractivity contribution in [3.8, 4) is 0 Å². The monoisotopic (exact) mass is 213 g/mol. The third kappa shape index (κ3) is 3.16. The summed E-state index contributed by atoms with van der Waals surface area (Å²) in [6, 6.07) is 0.723. The molecule has 0 spiro atoms. The summed E-state index contributed by atoms with van der Waals surface area (Å²) in [6.45, 7) is 11.6. The molecule has 1 atom stereocenters. The Bertz CT molecular complexity index is 191. The first-order valence-electron chi connectivity index (χ1n) is 6.11. The van der Waals surface area contributed by atoms with E-state index < -0.39 is 0 Å². The zero-order valence-corrected chi connectivity index (χ0v) is 11.0. The predicted octanol–water partition coefficient (Wildman–Crippen LogP) is 1.01. The highest BCUT2D eigenvalue weighted by Crippen LogP contribution is 2.23. The maximum atomic E-state index is 3.25. The van der Waals surface area contributed by atoms with Gasteiger partial charge in [-0.25, -0.2) is 0 Å². The van der Waals surface area contributed by atoms with E-state index in [2.05, 4.69) is 42.9 Å². The molecule has 1 unspecified atom stereocenters. The Labute approximate surface area is 94.8 Å². The summed E-state index contributed by atoms with van der Waals surface area (Å²) in [4.78, 5) is 5.12.